The highest BCUT2D eigenvalue weighted by molar-refractivity contribution is 7.80. The van der Waals surface area contributed by atoms with Gasteiger partial charge in [-0.2, -0.15) is 25.8 Å². The van der Waals surface area contributed by atoms with Gasteiger partial charge in [0.1, 0.15) is 6.04 Å². The Morgan fingerprint density at radius 1 is 1.38 bits per heavy atom. The van der Waals surface area contributed by atoms with E-state index in [4.69, 9.17) is 0 Å². The number of nitrogens with one attached hydrogen (secondary N) is 1. The summed E-state index contributed by atoms with van der Waals surface area (Å²) in [5.41, 5.74) is 0. The molecule has 1 unspecified atom stereocenters. The number of carbonyl (C=O) groups is 2. The molecule has 4 nitrogen and oxygen atoms in total. The highest BCUT2D eigenvalue weighted by Crippen LogP contribution is 2.14. The summed E-state index contributed by atoms with van der Waals surface area (Å²) in [6.45, 7) is 4.00. The summed E-state index contributed by atoms with van der Waals surface area (Å²) in [5, 5.41) is 1.44. The summed E-state index contributed by atoms with van der Waals surface area (Å²) in [7, 11) is 0.999. The van der Waals surface area contributed by atoms with Crippen LogP contribution in [0, 0.1) is 0 Å². The Balaban J connectivity index is 0. The number of rotatable bonds is 3. The number of hydrogen-bond donors (Lipinski definition) is 2. The van der Waals surface area contributed by atoms with E-state index in [1.54, 1.807) is 0 Å². The predicted molar refractivity (Wildman–Crippen MR) is 55.2 cm³/mol. The van der Waals surface area contributed by atoms with E-state index in [9.17, 15) is 22.8 Å². The van der Waals surface area contributed by atoms with Gasteiger partial charge < -0.3 is 10.1 Å². The molecule has 8 heteroatoms. The smallest absolute Gasteiger partial charge is 0.467 e. The number of thiol groups is 1. The zero-order chi connectivity index (χ0) is 13.4. The number of alkyl halides is 3. The molecule has 0 aliphatic heterocycles. The minimum absolute atomic E-state index is 0.269. The summed E-state index contributed by atoms with van der Waals surface area (Å²) in [5.74, 6) is -3.44. The van der Waals surface area contributed by atoms with Gasteiger partial charge in [0, 0.05) is 5.75 Å². The van der Waals surface area contributed by atoms with Gasteiger partial charge in [0.15, 0.2) is 0 Å². The molecule has 0 saturated heterocycles. The quantitative estimate of drug-likeness (QED) is 0.592. The lowest BCUT2D eigenvalue weighted by Gasteiger charge is -2.14. The maximum Gasteiger partial charge on any atom is 0.471 e. The number of ether oxygens (including phenoxy) is 1. The van der Waals surface area contributed by atoms with E-state index in [1.807, 2.05) is 13.8 Å². The lowest BCUT2D eigenvalue weighted by atomic mass is 10.3. The van der Waals surface area contributed by atoms with E-state index in [0.717, 1.165) is 7.11 Å². The molecular weight excluding hydrogens is 247 g/mol. The van der Waals surface area contributed by atoms with Gasteiger partial charge >= 0.3 is 18.1 Å². The van der Waals surface area contributed by atoms with Crippen molar-refractivity contribution in [1.82, 2.24) is 5.32 Å². The van der Waals surface area contributed by atoms with Crippen LogP contribution in [0.25, 0.3) is 0 Å². The predicted octanol–water partition coefficient (Wildman–Crippen LogP) is 1.16. The Kier molecular flexibility index (Phi) is 9.02. The number of methoxy groups -OCH3 is 1. The first-order chi connectivity index (χ1) is 7.32. The van der Waals surface area contributed by atoms with Crippen LogP contribution < -0.4 is 5.32 Å². The molecule has 0 aromatic carbocycles. The molecule has 96 valence electrons. The van der Waals surface area contributed by atoms with Crippen LogP contribution in [0.15, 0.2) is 0 Å². The van der Waals surface area contributed by atoms with Crippen molar-refractivity contribution < 1.29 is 27.5 Å². The van der Waals surface area contributed by atoms with Gasteiger partial charge in [0.2, 0.25) is 0 Å². The average Bonchev–Trinajstić information content (AvgIpc) is 2.25. The average molecular weight is 261 g/mol. The van der Waals surface area contributed by atoms with Crippen LogP contribution in [0.3, 0.4) is 0 Å². The van der Waals surface area contributed by atoms with Gasteiger partial charge in [-0.05, 0) is 0 Å². The Labute approximate surface area is 96.9 Å². The molecule has 0 aliphatic rings. The second-order valence-electron chi connectivity index (χ2n) is 2.23. The molecule has 0 aliphatic carbocycles. The second kappa shape index (κ2) is 8.26. The van der Waals surface area contributed by atoms with Gasteiger partial charge in [0.25, 0.3) is 0 Å². The molecule has 0 spiro atoms. The molecule has 0 fully saturated rings. The Bertz CT molecular complexity index is 233. The first-order valence-corrected chi connectivity index (χ1v) is 5.02. The molecule has 0 radical (unpaired) electrons. The fourth-order valence-electron chi connectivity index (χ4n) is 0.561. The van der Waals surface area contributed by atoms with Crippen LogP contribution in [-0.2, 0) is 14.3 Å². The van der Waals surface area contributed by atoms with E-state index < -0.39 is 24.1 Å². The first kappa shape index (κ1) is 17.5. The minimum atomic E-state index is -5.02. The van der Waals surface area contributed by atoms with Crippen LogP contribution in [0.1, 0.15) is 13.8 Å². The normalized spacial score (nSPS) is 11.9. The molecule has 0 bridgehead atoms. The largest absolute Gasteiger partial charge is 0.471 e. The minimum Gasteiger partial charge on any atom is -0.467 e. The second-order valence-corrected chi connectivity index (χ2v) is 2.59. The van der Waals surface area contributed by atoms with E-state index in [0.29, 0.717) is 0 Å². The third-order valence-corrected chi connectivity index (χ3v) is 1.60. The van der Waals surface area contributed by atoms with Crippen molar-refractivity contribution in [2.24, 2.45) is 0 Å². The van der Waals surface area contributed by atoms with Gasteiger partial charge in [-0.25, -0.2) is 4.79 Å². The Morgan fingerprint density at radius 3 is 2.06 bits per heavy atom. The van der Waals surface area contributed by atoms with Gasteiger partial charge in [-0.3, -0.25) is 4.79 Å². The molecule has 0 aromatic rings. The lowest BCUT2D eigenvalue weighted by molar-refractivity contribution is -0.175. The topological polar surface area (TPSA) is 55.4 Å². The Hall–Kier alpha value is -0.920. The van der Waals surface area contributed by atoms with Gasteiger partial charge in [-0.1, -0.05) is 13.8 Å². The van der Waals surface area contributed by atoms with Crippen LogP contribution in [0.4, 0.5) is 13.2 Å². The van der Waals surface area contributed by atoms with Crippen molar-refractivity contribution in [3.05, 3.63) is 0 Å². The number of esters is 1. The summed E-state index contributed by atoms with van der Waals surface area (Å²) < 4.78 is 39.3. The van der Waals surface area contributed by atoms with Crippen molar-refractivity contribution in [2.45, 2.75) is 26.1 Å². The standard InChI is InChI=1S/C6H8F3NO3S.C2H6/c1-13-4(11)3(2-14)10-5(12)6(7,8)9;1-2/h3,14H,2H2,1H3,(H,10,12);1-2H3. The maximum absolute atomic E-state index is 11.7. The SMILES string of the molecule is CC.COC(=O)C(CS)NC(=O)C(F)(F)F. The monoisotopic (exact) mass is 261 g/mol. The van der Waals surface area contributed by atoms with Crippen LogP contribution in [-0.4, -0.2) is 37.0 Å². The van der Waals surface area contributed by atoms with Gasteiger partial charge in [-0.15, -0.1) is 0 Å². The molecule has 1 atom stereocenters. The molecule has 0 rings (SSSR count). The van der Waals surface area contributed by atoms with E-state index in [1.165, 1.54) is 5.32 Å². The lowest BCUT2D eigenvalue weighted by Crippen LogP contribution is -2.48. The first-order valence-electron chi connectivity index (χ1n) is 4.39. The fourth-order valence-corrected chi connectivity index (χ4v) is 0.802. The van der Waals surface area contributed by atoms with Crippen LogP contribution >= 0.6 is 12.6 Å². The third-order valence-electron chi connectivity index (χ3n) is 1.23. The highest BCUT2D eigenvalue weighted by Gasteiger charge is 2.40. The molecule has 0 saturated carbocycles. The zero-order valence-electron chi connectivity index (χ0n) is 9.09. The summed E-state index contributed by atoms with van der Waals surface area (Å²) in [6, 6.07) is -1.39. The number of hydrogen-bond acceptors (Lipinski definition) is 4. The molecule has 1 amide bonds. The van der Waals surface area contributed by atoms with Crippen molar-refractivity contribution in [3.8, 4) is 0 Å². The summed E-state index contributed by atoms with van der Waals surface area (Å²) in [4.78, 5) is 21.1. The molecule has 1 N–H and O–H groups in total. The number of amides is 1. The molecular formula is C8H14F3NO3S. The number of halogens is 3. The van der Waals surface area contributed by atoms with Crippen LogP contribution in [0.2, 0.25) is 0 Å². The number of carbonyl (C=O) groups excluding carboxylic acids is 2. The Morgan fingerprint density at radius 2 is 1.81 bits per heavy atom. The zero-order valence-corrected chi connectivity index (χ0v) is 9.98. The van der Waals surface area contributed by atoms with E-state index in [-0.39, 0.29) is 5.75 Å². The van der Waals surface area contributed by atoms with Crippen molar-refractivity contribution >= 4 is 24.5 Å². The van der Waals surface area contributed by atoms with Crippen molar-refractivity contribution in [1.29, 1.82) is 0 Å². The van der Waals surface area contributed by atoms with E-state index >= 15 is 0 Å². The van der Waals surface area contributed by atoms with E-state index in [2.05, 4.69) is 17.4 Å². The van der Waals surface area contributed by atoms with Crippen molar-refractivity contribution in [2.75, 3.05) is 12.9 Å². The third kappa shape index (κ3) is 6.54. The summed E-state index contributed by atoms with van der Waals surface area (Å²) in [6.07, 6.45) is -5.02. The van der Waals surface area contributed by atoms with Crippen LogP contribution in [0.5, 0.6) is 0 Å². The molecule has 16 heavy (non-hydrogen) atoms. The summed E-state index contributed by atoms with van der Waals surface area (Å²) >= 11 is 3.60. The maximum atomic E-state index is 11.7. The molecule has 0 heterocycles. The van der Waals surface area contributed by atoms with Gasteiger partial charge in [0.05, 0.1) is 7.11 Å². The van der Waals surface area contributed by atoms with Crippen molar-refractivity contribution in [3.63, 3.8) is 0 Å². The fraction of sp³-hybridized carbons (Fsp3) is 0.750. The highest BCUT2D eigenvalue weighted by atomic mass is 32.1. The molecule has 0 aromatic heterocycles.